The third-order valence-corrected chi connectivity index (χ3v) is 6.28. The number of nitrogens with one attached hydrogen (secondary N) is 1. The van der Waals surface area contributed by atoms with E-state index >= 15 is 0 Å². The molecule has 1 N–H and O–H groups in total. The van der Waals surface area contributed by atoms with Crippen molar-refractivity contribution in [3.8, 4) is 5.75 Å². The molecule has 172 valence electrons. The summed E-state index contributed by atoms with van der Waals surface area (Å²) in [6.45, 7) is 0.0550. The maximum absolute atomic E-state index is 12.7. The topological polar surface area (TPSA) is 109 Å². The number of amides is 1. The quantitative estimate of drug-likeness (QED) is 0.283. The fourth-order valence-corrected chi connectivity index (χ4v) is 4.60. The van der Waals surface area contributed by atoms with E-state index in [1.54, 1.807) is 53.4 Å². The van der Waals surface area contributed by atoms with E-state index in [2.05, 4.69) is 4.99 Å². The van der Waals surface area contributed by atoms with E-state index in [4.69, 9.17) is 10.1 Å². The molecule has 0 radical (unpaired) electrons. The van der Waals surface area contributed by atoms with Crippen LogP contribution in [0.4, 0.5) is 5.69 Å². The summed E-state index contributed by atoms with van der Waals surface area (Å²) < 4.78 is 5.72. The number of nitro benzene ring substituents is 1. The summed E-state index contributed by atoms with van der Waals surface area (Å²) in [5, 5.41) is 22.2. The lowest BCUT2D eigenvalue weighted by Gasteiger charge is -2.26. The average Bonchev–Trinajstić information content (AvgIpc) is 3.30. The number of hydrogen-bond acceptors (Lipinski definition) is 6. The van der Waals surface area contributed by atoms with Crippen molar-refractivity contribution in [3.63, 3.8) is 0 Å². The predicted octanol–water partition coefficient (Wildman–Crippen LogP) is 5.48. The van der Waals surface area contributed by atoms with Crippen molar-refractivity contribution < 1.29 is 14.5 Å². The lowest BCUT2D eigenvalue weighted by atomic mass is 10.1. The Kier molecular flexibility index (Phi) is 5.99. The Bertz CT molecular complexity index is 1430. The average molecular weight is 483 g/mol. The van der Waals surface area contributed by atoms with Gasteiger partial charge in [0.1, 0.15) is 18.2 Å². The van der Waals surface area contributed by atoms with Crippen molar-refractivity contribution in [1.29, 1.82) is 5.41 Å². The number of benzene rings is 3. The number of carbonyl (C=O) groups excluding carboxylic acids is 1. The summed E-state index contributed by atoms with van der Waals surface area (Å²) in [4.78, 5) is 29.3. The molecule has 2 heterocycles. The van der Waals surface area contributed by atoms with Gasteiger partial charge < -0.3 is 4.74 Å². The summed E-state index contributed by atoms with van der Waals surface area (Å²) in [6.07, 6.45) is 1.63. The molecule has 0 fully saturated rings. The molecule has 0 saturated heterocycles. The lowest BCUT2D eigenvalue weighted by molar-refractivity contribution is -0.385. The molecule has 0 atom stereocenters. The number of fused-ring (bicyclic) bond motifs is 1. The van der Waals surface area contributed by atoms with E-state index in [0.29, 0.717) is 22.0 Å². The van der Waals surface area contributed by atoms with Gasteiger partial charge in [-0.15, -0.1) is 0 Å². The van der Waals surface area contributed by atoms with Gasteiger partial charge in [0.25, 0.3) is 11.6 Å². The van der Waals surface area contributed by atoms with Gasteiger partial charge in [-0.2, -0.15) is 4.99 Å². The standard InChI is InChI=1S/C26H18N4O4S/c27-24-21(25(31)28-26-29(24)23(16-35-26)18-6-2-1-3-7-18)14-17-10-12-20(13-11-17)34-15-19-8-4-5-9-22(19)30(32)33/h1-14,16,27H,15H2/b21-14-,27-24?. The number of ether oxygens (including phenoxy) is 1. The van der Waals surface area contributed by atoms with Gasteiger partial charge in [-0.05, 0) is 35.4 Å². The Morgan fingerprint density at radius 3 is 2.49 bits per heavy atom. The van der Waals surface area contributed by atoms with Crippen LogP contribution in [0.15, 0.2) is 94.8 Å². The molecule has 35 heavy (non-hydrogen) atoms. The molecule has 2 aliphatic rings. The van der Waals surface area contributed by atoms with Gasteiger partial charge >= 0.3 is 0 Å². The summed E-state index contributed by atoms with van der Waals surface area (Å²) in [5.41, 5.74) is 3.11. The molecule has 0 unspecified atom stereocenters. The van der Waals surface area contributed by atoms with Crippen LogP contribution in [0.1, 0.15) is 16.7 Å². The first-order valence-electron chi connectivity index (χ1n) is 10.6. The van der Waals surface area contributed by atoms with E-state index in [9.17, 15) is 14.9 Å². The van der Waals surface area contributed by atoms with Crippen molar-refractivity contribution in [3.05, 3.63) is 117 Å². The Morgan fingerprint density at radius 1 is 1.03 bits per heavy atom. The maximum Gasteiger partial charge on any atom is 0.283 e. The second-order valence-corrected chi connectivity index (χ2v) is 8.51. The fraction of sp³-hybridized carbons (Fsp3) is 0.0385. The Morgan fingerprint density at radius 2 is 1.74 bits per heavy atom. The van der Waals surface area contributed by atoms with Crippen molar-refractivity contribution in [1.82, 2.24) is 4.90 Å². The molecular weight excluding hydrogens is 464 g/mol. The monoisotopic (exact) mass is 482 g/mol. The molecule has 0 saturated carbocycles. The third-order valence-electron chi connectivity index (χ3n) is 5.46. The molecular formula is C26H18N4O4S. The molecule has 0 aliphatic carbocycles. The van der Waals surface area contributed by atoms with Crippen LogP contribution in [0.5, 0.6) is 5.75 Å². The molecule has 3 aromatic carbocycles. The highest BCUT2D eigenvalue weighted by Crippen LogP contribution is 2.37. The number of amidine groups is 2. The Hall–Kier alpha value is -4.50. The molecule has 9 heteroatoms. The summed E-state index contributed by atoms with van der Waals surface area (Å²) in [7, 11) is 0. The zero-order valence-corrected chi connectivity index (χ0v) is 19.1. The first-order chi connectivity index (χ1) is 17.0. The minimum absolute atomic E-state index is 0.00657. The normalized spacial score (nSPS) is 16.1. The zero-order chi connectivity index (χ0) is 24.4. The number of hydrogen-bond donors (Lipinski definition) is 1. The predicted molar refractivity (Wildman–Crippen MR) is 136 cm³/mol. The fourth-order valence-electron chi connectivity index (χ4n) is 3.71. The van der Waals surface area contributed by atoms with Crippen molar-refractivity contribution in [2.75, 3.05) is 0 Å². The number of rotatable bonds is 6. The number of nitrogens with zero attached hydrogens (tertiary/aromatic N) is 3. The number of aliphatic imine (C=N–C) groups is 1. The third kappa shape index (κ3) is 4.49. The molecule has 0 aromatic heterocycles. The molecule has 2 aliphatic heterocycles. The molecule has 1 amide bonds. The Labute approximate surface area is 204 Å². The minimum atomic E-state index is -0.465. The van der Waals surface area contributed by atoms with Gasteiger partial charge in [0.2, 0.25) is 0 Å². The summed E-state index contributed by atoms with van der Waals surface area (Å²) in [6, 6.07) is 23.0. The van der Waals surface area contributed by atoms with E-state index < -0.39 is 10.8 Å². The van der Waals surface area contributed by atoms with Crippen molar-refractivity contribution in [2.45, 2.75) is 6.61 Å². The van der Waals surface area contributed by atoms with Crippen LogP contribution in [0.2, 0.25) is 0 Å². The first kappa shape index (κ1) is 22.3. The van der Waals surface area contributed by atoms with Crippen LogP contribution in [0.25, 0.3) is 11.8 Å². The first-order valence-corrected chi connectivity index (χ1v) is 11.5. The summed E-state index contributed by atoms with van der Waals surface area (Å²) in [5.74, 6) is 0.130. The van der Waals surface area contributed by atoms with Gasteiger partial charge in [-0.3, -0.25) is 25.2 Å². The highest BCUT2D eigenvalue weighted by atomic mass is 32.2. The molecule has 0 spiro atoms. The van der Waals surface area contributed by atoms with Crippen LogP contribution < -0.4 is 4.74 Å². The van der Waals surface area contributed by atoms with Crippen LogP contribution in [0, 0.1) is 15.5 Å². The van der Waals surface area contributed by atoms with Gasteiger partial charge in [-0.1, -0.05) is 66.4 Å². The van der Waals surface area contributed by atoms with Crippen LogP contribution in [0.3, 0.4) is 0 Å². The number of carbonyl (C=O) groups is 1. The van der Waals surface area contributed by atoms with Crippen LogP contribution >= 0.6 is 11.8 Å². The van der Waals surface area contributed by atoms with E-state index in [1.807, 2.05) is 35.7 Å². The highest BCUT2D eigenvalue weighted by molar-refractivity contribution is 8.17. The van der Waals surface area contributed by atoms with Crippen molar-refractivity contribution >= 4 is 46.1 Å². The highest BCUT2D eigenvalue weighted by Gasteiger charge is 2.36. The minimum Gasteiger partial charge on any atom is -0.489 e. The van der Waals surface area contributed by atoms with Gasteiger partial charge in [0.15, 0.2) is 5.17 Å². The smallest absolute Gasteiger partial charge is 0.283 e. The molecule has 5 rings (SSSR count). The molecule has 8 nitrogen and oxygen atoms in total. The molecule has 0 bridgehead atoms. The van der Waals surface area contributed by atoms with Gasteiger partial charge in [0, 0.05) is 11.5 Å². The second kappa shape index (κ2) is 9.40. The maximum atomic E-state index is 12.7. The van der Waals surface area contributed by atoms with E-state index in [-0.39, 0.29) is 23.7 Å². The Balaban J connectivity index is 1.34. The number of para-hydroxylation sites is 1. The van der Waals surface area contributed by atoms with E-state index in [0.717, 1.165) is 11.3 Å². The largest absolute Gasteiger partial charge is 0.489 e. The SMILES string of the molecule is N=C1/C(=C/c2ccc(OCc3ccccc3[N+](=O)[O-])cc2)C(=O)N=C2SC=C(c3ccccc3)N12. The lowest BCUT2D eigenvalue weighted by Crippen LogP contribution is -2.37. The number of thioether (sulfide) groups is 1. The zero-order valence-electron chi connectivity index (χ0n) is 18.3. The van der Waals surface area contributed by atoms with Crippen LogP contribution in [-0.4, -0.2) is 26.7 Å². The van der Waals surface area contributed by atoms with Gasteiger partial charge in [0.05, 0.1) is 21.8 Å². The van der Waals surface area contributed by atoms with Gasteiger partial charge in [-0.25, -0.2) is 0 Å². The summed E-state index contributed by atoms with van der Waals surface area (Å²) >= 11 is 1.32. The second-order valence-electron chi connectivity index (χ2n) is 7.67. The van der Waals surface area contributed by atoms with Crippen LogP contribution in [-0.2, 0) is 11.4 Å². The molecule has 3 aromatic rings. The van der Waals surface area contributed by atoms with Crippen molar-refractivity contribution in [2.24, 2.45) is 4.99 Å². The van der Waals surface area contributed by atoms with E-state index in [1.165, 1.54) is 17.8 Å². The number of nitro groups is 1.